The largest absolute Gasteiger partial charge is 0.385 e. The fraction of sp³-hybridized carbons (Fsp3) is 0.533. The molecule has 2 atom stereocenters. The highest BCUT2D eigenvalue weighted by Crippen LogP contribution is 2.39. The first-order valence-corrected chi connectivity index (χ1v) is 7.10. The quantitative estimate of drug-likeness (QED) is 0.861. The number of hydrogen-bond acceptors (Lipinski definition) is 2. The Morgan fingerprint density at radius 1 is 1.44 bits per heavy atom. The van der Waals surface area contributed by atoms with E-state index in [1.54, 1.807) is 6.92 Å². The molecule has 100 valence electrons. The molecule has 18 heavy (non-hydrogen) atoms. The van der Waals surface area contributed by atoms with Gasteiger partial charge in [0.15, 0.2) is 5.78 Å². The summed E-state index contributed by atoms with van der Waals surface area (Å²) in [6, 6.07) is 0. The molecule has 1 rings (SSSR count). The molecule has 1 aliphatic rings. The molecular formula is C15H21BrO2. The first kappa shape index (κ1) is 15.4. The lowest BCUT2D eigenvalue weighted by Gasteiger charge is -2.34. The molecule has 0 aromatic heterocycles. The van der Waals surface area contributed by atoms with Crippen molar-refractivity contribution in [3.8, 4) is 0 Å². The van der Waals surface area contributed by atoms with Crippen molar-refractivity contribution in [2.75, 3.05) is 0 Å². The van der Waals surface area contributed by atoms with E-state index < -0.39 is 6.10 Å². The van der Waals surface area contributed by atoms with Crippen LogP contribution >= 0.6 is 15.9 Å². The number of ketones is 1. The van der Waals surface area contributed by atoms with Crippen molar-refractivity contribution in [1.29, 1.82) is 0 Å². The Labute approximate surface area is 118 Å². The van der Waals surface area contributed by atoms with Gasteiger partial charge in [-0.05, 0) is 40.8 Å². The monoisotopic (exact) mass is 312 g/mol. The molecule has 0 spiro atoms. The second-order valence-corrected chi connectivity index (χ2v) is 6.07. The van der Waals surface area contributed by atoms with Crippen LogP contribution in [0.3, 0.4) is 0 Å². The smallest absolute Gasteiger partial charge is 0.187 e. The van der Waals surface area contributed by atoms with Crippen LogP contribution in [0.5, 0.6) is 0 Å². The van der Waals surface area contributed by atoms with Gasteiger partial charge in [-0.25, -0.2) is 0 Å². The van der Waals surface area contributed by atoms with Crippen molar-refractivity contribution >= 4 is 21.7 Å². The minimum Gasteiger partial charge on any atom is -0.385 e. The van der Waals surface area contributed by atoms with Gasteiger partial charge in [0, 0.05) is 0 Å². The van der Waals surface area contributed by atoms with Crippen molar-refractivity contribution in [2.24, 2.45) is 11.3 Å². The molecule has 0 heterocycles. The van der Waals surface area contributed by atoms with Crippen molar-refractivity contribution < 1.29 is 9.90 Å². The Kier molecular flexibility index (Phi) is 5.11. The van der Waals surface area contributed by atoms with Crippen LogP contribution in [0, 0.1) is 11.3 Å². The molecule has 0 radical (unpaired) electrons. The summed E-state index contributed by atoms with van der Waals surface area (Å²) >= 11 is 3.25. The maximum atomic E-state index is 11.8. The molecule has 2 nitrogen and oxygen atoms in total. The van der Waals surface area contributed by atoms with Gasteiger partial charge < -0.3 is 5.11 Å². The summed E-state index contributed by atoms with van der Waals surface area (Å²) < 4.78 is 0. The molecule has 0 aromatic rings. The Hall–Kier alpha value is -0.670. The summed E-state index contributed by atoms with van der Waals surface area (Å²) in [4.78, 5) is 13.7. The van der Waals surface area contributed by atoms with E-state index in [4.69, 9.17) is 0 Å². The van der Waals surface area contributed by atoms with E-state index in [1.807, 2.05) is 17.1 Å². The molecule has 0 aliphatic heterocycles. The highest BCUT2D eigenvalue weighted by Gasteiger charge is 2.36. The lowest BCUT2D eigenvalue weighted by atomic mass is 9.71. The minimum atomic E-state index is -0.850. The van der Waals surface area contributed by atoms with E-state index in [1.165, 1.54) is 0 Å². The number of allylic oxidation sites excluding steroid dienone is 4. The second kappa shape index (κ2) is 5.98. The molecular weight excluding hydrogens is 292 g/mol. The van der Waals surface area contributed by atoms with Crippen LogP contribution in [0.1, 0.15) is 34.1 Å². The SMILES string of the molecule is CC1=C(C=CC(C)C=CBr)C(C)(C)C[C@H](O)C1=O. The number of halogens is 1. The third kappa shape index (κ3) is 3.42. The van der Waals surface area contributed by atoms with Crippen molar-refractivity contribution in [3.63, 3.8) is 0 Å². The van der Waals surface area contributed by atoms with Gasteiger partial charge in [-0.1, -0.05) is 54.9 Å². The predicted molar refractivity (Wildman–Crippen MR) is 78.5 cm³/mol. The van der Waals surface area contributed by atoms with Gasteiger partial charge in [0.05, 0.1) is 0 Å². The van der Waals surface area contributed by atoms with E-state index in [0.29, 0.717) is 17.9 Å². The number of aliphatic hydroxyl groups excluding tert-OH is 1. The first-order valence-electron chi connectivity index (χ1n) is 6.18. The van der Waals surface area contributed by atoms with Gasteiger partial charge in [0.1, 0.15) is 6.10 Å². The van der Waals surface area contributed by atoms with Crippen LogP contribution in [-0.4, -0.2) is 17.0 Å². The zero-order valence-corrected chi connectivity index (χ0v) is 13.0. The topological polar surface area (TPSA) is 37.3 Å². The maximum Gasteiger partial charge on any atom is 0.187 e. The summed E-state index contributed by atoms with van der Waals surface area (Å²) in [6.07, 6.45) is 5.77. The molecule has 1 aliphatic carbocycles. The van der Waals surface area contributed by atoms with E-state index in [0.717, 1.165) is 5.57 Å². The molecule has 1 N–H and O–H groups in total. The number of aliphatic hydroxyl groups is 1. The highest BCUT2D eigenvalue weighted by molar-refractivity contribution is 9.11. The van der Waals surface area contributed by atoms with Crippen LogP contribution in [0.15, 0.2) is 34.4 Å². The lowest BCUT2D eigenvalue weighted by molar-refractivity contribution is -0.125. The van der Waals surface area contributed by atoms with Crippen LogP contribution in [-0.2, 0) is 4.79 Å². The van der Waals surface area contributed by atoms with Crippen molar-refractivity contribution in [1.82, 2.24) is 0 Å². The van der Waals surface area contributed by atoms with Gasteiger partial charge >= 0.3 is 0 Å². The van der Waals surface area contributed by atoms with Gasteiger partial charge in [0.25, 0.3) is 0 Å². The highest BCUT2D eigenvalue weighted by atomic mass is 79.9. The fourth-order valence-corrected chi connectivity index (χ4v) is 2.84. The molecule has 3 heteroatoms. The standard InChI is InChI=1S/C15H21BrO2/c1-10(7-8-16)5-6-12-11(2)14(18)13(17)9-15(12,3)4/h5-8,10,13,17H,9H2,1-4H3/t10?,13-/m0/s1. The molecule has 0 saturated carbocycles. The van der Waals surface area contributed by atoms with Crippen LogP contribution in [0.2, 0.25) is 0 Å². The zero-order chi connectivity index (χ0) is 13.9. The average Bonchev–Trinajstić information content (AvgIpc) is 2.25. The van der Waals surface area contributed by atoms with Gasteiger partial charge in [0.2, 0.25) is 0 Å². The van der Waals surface area contributed by atoms with Gasteiger partial charge in [-0.3, -0.25) is 4.79 Å². The molecule has 0 amide bonds. The predicted octanol–water partition coefficient (Wildman–Crippen LogP) is 3.76. The third-order valence-corrected chi connectivity index (χ3v) is 3.76. The molecule has 1 unspecified atom stereocenters. The molecule has 0 aromatic carbocycles. The van der Waals surface area contributed by atoms with Crippen LogP contribution in [0.4, 0.5) is 0 Å². The summed E-state index contributed by atoms with van der Waals surface area (Å²) in [6.45, 7) is 8.02. The van der Waals surface area contributed by atoms with Gasteiger partial charge in [-0.2, -0.15) is 0 Å². The summed E-state index contributed by atoms with van der Waals surface area (Å²) in [5, 5.41) is 9.74. The average molecular weight is 313 g/mol. The summed E-state index contributed by atoms with van der Waals surface area (Å²) in [5.74, 6) is 0.167. The number of carbonyl (C=O) groups is 1. The van der Waals surface area contributed by atoms with Crippen molar-refractivity contribution in [3.05, 3.63) is 34.4 Å². The Bertz CT molecular complexity index is 416. The van der Waals surface area contributed by atoms with E-state index in [9.17, 15) is 9.90 Å². The normalized spacial score (nSPS) is 26.3. The second-order valence-electron chi connectivity index (χ2n) is 5.54. The maximum absolute atomic E-state index is 11.8. The third-order valence-electron chi connectivity index (χ3n) is 3.45. The minimum absolute atomic E-state index is 0.141. The van der Waals surface area contributed by atoms with E-state index >= 15 is 0 Å². The Morgan fingerprint density at radius 3 is 2.61 bits per heavy atom. The fourth-order valence-electron chi connectivity index (χ4n) is 2.35. The zero-order valence-electron chi connectivity index (χ0n) is 11.4. The number of rotatable bonds is 3. The molecule has 0 saturated heterocycles. The molecule has 0 bridgehead atoms. The number of hydrogen-bond donors (Lipinski definition) is 1. The van der Waals surface area contributed by atoms with Crippen LogP contribution in [0.25, 0.3) is 0 Å². The number of Topliss-reactive ketones (excluding diaryl/α,β-unsaturated/α-hetero) is 1. The summed E-state index contributed by atoms with van der Waals surface area (Å²) in [5.41, 5.74) is 1.56. The molecule has 0 fully saturated rings. The van der Waals surface area contributed by atoms with E-state index in [-0.39, 0.29) is 11.2 Å². The lowest BCUT2D eigenvalue weighted by Crippen LogP contribution is -2.35. The Balaban J connectivity index is 3.07. The number of carbonyl (C=O) groups excluding carboxylic acids is 1. The summed E-state index contributed by atoms with van der Waals surface area (Å²) in [7, 11) is 0. The van der Waals surface area contributed by atoms with Crippen LogP contribution < -0.4 is 0 Å². The first-order chi connectivity index (χ1) is 8.29. The Morgan fingerprint density at radius 2 is 2.06 bits per heavy atom. The van der Waals surface area contributed by atoms with Gasteiger partial charge in [-0.15, -0.1) is 0 Å². The van der Waals surface area contributed by atoms with Crippen molar-refractivity contribution in [2.45, 2.75) is 40.2 Å². The van der Waals surface area contributed by atoms with E-state index in [2.05, 4.69) is 42.8 Å².